The molecular weight excluding hydrogens is 394 g/mol. The Morgan fingerprint density at radius 3 is 2.94 bits per heavy atom. The molecule has 8 nitrogen and oxygen atoms in total. The van der Waals surface area contributed by atoms with Gasteiger partial charge in [-0.2, -0.15) is 0 Å². The number of ketones is 1. The molecule has 0 radical (unpaired) electrons. The van der Waals surface area contributed by atoms with Crippen molar-refractivity contribution >= 4 is 22.8 Å². The van der Waals surface area contributed by atoms with Gasteiger partial charge in [0.05, 0.1) is 18.6 Å². The Kier molecular flexibility index (Phi) is 5.78. The molecule has 2 aromatic heterocycles. The minimum Gasteiger partial charge on any atom is -0.508 e. The van der Waals surface area contributed by atoms with E-state index in [2.05, 4.69) is 16.7 Å². The summed E-state index contributed by atoms with van der Waals surface area (Å²) < 4.78 is 3.19. The van der Waals surface area contributed by atoms with Crippen LogP contribution in [0.25, 0.3) is 11.0 Å². The molecule has 1 unspecified atom stereocenters. The van der Waals surface area contributed by atoms with E-state index in [-0.39, 0.29) is 29.7 Å². The van der Waals surface area contributed by atoms with Gasteiger partial charge < -0.3 is 20.3 Å². The highest BCUT2D eigenvalue weighted by Gasteiger charge is 2.24. The second kappa shape index (κ2) is 8.66. The summed E-state index contributed by atoms with van der Waals surface area (Å²) in [5.41, 5.74) is 7.19. The Hall–Kier alpha value is -3.57. The molecular formula is C23H25N5O3. The van der Waals surface area contributed by atoms with Crippen LogP contribution < -0.4 is 16.2 Å². The average molecular weight is 419 g/mol. The predicted molar refractivity (Wildman–Crippen MR) is 119 cm³/mol. The number of hydrogen-bond acceptors (Lipinski definition) is 6. The molecule has 3 aromatic rings. The van der Waals surface area contributed by atoms with Gasteiger partial charge in [-0.15, -0.1) is 5.92 Å². The lowest BCUT2D eigenvalue weighted by Gasteiger charge is -2.31. The first-order chi connectivity index (χ1) is 15.0. The molecule has 8 heteroatoms. The number of nitrogens with two attached hydrogens (primary N) is 1. The lowest BCUT2D eigenvalue weighted by molar-refractivity contribution is 0.0970. The number of anilines is 1. The number of benzene rings is 1. The third-order valence-corrected chi connectivity index (χ3v) is 5.49. The molecule has 31 heavy (non-hydrogen) atoms. The van der Waals surface area contributed by atoms with Crippen molar-refractivity contribution in [3.05, 3.63) is 52.4 Å². The number of fused-ring (bicyclic) bond motifs is 1. The van der Waals surface area contributed by atoms with Gasteiger partial charge in [-0.1, -0.05) is 18.1 Å². The Labute approximate surface area is 179 Å². The summed E-state index contributed by atoms with van der Waals surface area (Å²) in [5, 5.41) is 9.63. The quantitative estimate of drug-likeness (QED) is 0.482. The van der Waals surface area contributed by atoms with Crippen LogP contribution in [0.2, 0.25) is 0 Å². The Balaban J connectivity index is 1.75. The number of hydrogen-bond donors (Lipinski definition) is 2. The molecule has 0 saturated carbocycles. The van der Waals surface area contributed by atoms with E-state index >= 15 is 0 Å². The molecule has 3 N–H and O–H groups in total. The molecule has 0 aliphatic carbocycles. The Morgan fingerprint density at radius 2 is 2.19 bits per heavy atom. The summed E-state index contributed by atoms with van der Waals surface area (Å²) in [5.74, 6) is 6.33. The van der Waals surface area contributed by atoms with Crippen LogP contribution in [-0.4, -0.2) is 44.1 Å². The summed E-state index contributed by atoms with van der Waals surface area (Å²) in [6.07, 6.45) is 3.52. The smallest absolute Gasteiger partial charge is 0.277 e. The SMILES string of the molecule is CC#CCn1c(N2CCCC(N)C2)nc2ccn(CC(=O)c3cccc(O)c3)c(=O)c21. The molecule has 1 fully saturated rings. The van der Waals surface area contributed by atoms with E-state index in [1.54, 1.807) is 31.3 Å². The molecule has 1 aliphatic rings. The topological polar surface area (TPSA) is 106 Å². The third-order valence-electron chi connectivity index (χ3n) is 5.49. The highest BCUT2D eigenvalue weighted by Crippen LogP contribution is 2.23. The monoisotopic (exact) mass is 419 g/mol. The summed E-state index contributed by atoms with van der Waals surface area (Å²) >= 11 is 0. The summed E-state index contributed by atoms with van der Waals surface area (Å²) in [4.78, 5) is 32.8. The van der Waals surface area contributed by atoms with Crippen LogP contribution >= 0.6 is 0 Å². The zero-order valence-corrected chi connectivity index (χ0v) is 17.4. The van der Waals surface area contributed by atoms with Crippen LogP contribution in [0.3, 0.4) is 0 Å². The van der Waals surface area contributed by atoms with Crippen molar-refractivity contribution in [1.82, 2.24) is 14.1 Å². The van der Waals surface area contributed by atoms with E-state index in [4.69, 9.17) is 10.7 Å². The molecule has 0 amide bonds. The number of Topliss-reactive ketones (excluding diaryl/α,β-unsaturated/α-hetero) is 1. The number of pyridine rings is 1. The maximum atomic E-state index is 13.3. The zero-order valence-electron chi connectivity index (χ0n) is 17.4. The number of aromatic hydroxyl groups is 1. The standard InChI is InChI=1S/C23H25N5O3/c1-2-3-11-28-21-19(25-23(28)27-10-5-7-17(24)14-27)9-12-26(22(21)31)15-20(30)16-6-4-8-18(29)13-16/h4,6,8-9,12-13,17,29H,5,7,10-11,14-15,24H2,1H3. The molecule has 1 aromatic carbocycles. The van der Waals surface area contributed by atoms with Gasteiger partial charge in [0, 0.05) is 30.9 Å². The Morgan fingerprint density at radius 1 is 1.35 bits per heavy atom. The van der Waals surface area contributed by atoms with E-state index in [0.717, 1.165) is 19.4 Å². The highest BCUT2D eigenvalue weighted by atomic mass is 16.3. The van der Waals surface area contributed by atoms with Gasteiger partial charge in [0.25, 0.3) is 5.56 Å². The van der Waals surface area contributed by atoms with Crippen molar-refractivity contribution < 1.29 is 9.90 Å². The molecule has 3 heterocycles. The van der Waals surface area contributed by atoms with Crippen molar-refractivity contribution in [1.29, 1.82) is 0 Å². The summed E-state index contributed by atoms with van der Waals surface area (Å²) in [7, 11) is 0. The van der Waals surface area contributed by atoms with Gasteiger partial charge in [0.2, 0.25) is 5.95 Å². The van der Waals surface area contributed by atoms with E-state index in [0.29, 0.717) is 35.6 Å². The second-order valence-electron chi connectivity index (χ2n) is 7.73. The normalized spacial score (nSPS) is 16.2. The minimum absolute atomic E-state index is 0.00856. The van der Waals surface area contributed by atoms with Crippen molar-refractivity contribution in [3.63, 3.8) is 0 Å². The maximum Gasteiger partial charge on any atom is 0.277 e. The fraction of sp³-hybridized carbons (Fsp3) is 0.348. The lowest BCUT2D eigenvalue weighted by atomic mass is 10.1. The molecule has 160 valence electrons. The average Bonchev–Trinajstić information content (AvgIpc) is 3.13. The van der Waals surface area contributed by atoms with Crippen molar-refractivity contribution in [3.8, 4) is 17.6 Å². The van der Waals surface area contributed by atoms with Gasteiger partial charge in [-0.05, 0) is 38.0 Å². The number of carbonyl (C=O) groups excluding carboxylic acids is 1. The highest BCUT2D eigenvalue weighted by molar-refractivity contribution is 5.96. The van der Waals surface area contributed by atoms with Gasteiger partial charge in [0.1, 0.15) is 11.3 Å². The number of phenols is 1. The first kappa shape index (κ1) is 20.7. The van der Waals surface area contributed by atoms with Crippen LogP contribution in [0.4, 0.5) is 5.95 Å². The van der Waals surface area contributed by atoms with Crippen molar-refractivity contribution in [2.75, 3.05) is 18.0 Å². The van der Waals surface area contributed by atoms with E-state index in [1.807, 2.05) is 4.57 Å². The van der Waals surface area contributed by atoms with Crippen LogP contribution in [0, 0.1) is 11.8 Å². The van der Waals surface area contributed by atoms with Crippen molar-refractivity contribution in [2.24, 2.45) is 5.73 Å². The van der Waals surface area contributed by atoms with Gasteiger partial charge >= 0.3 is 0 Å². The summed E-state index contributed by atoms with van der Waals surface area (Å²) in [6, 6.07) is 7.92. The number of phenolic OH excluding ortho intramolecular Hbond substituents is 1. The van der Waals surface area contributed by atoms with E-state index in [1.165, 1.54) is 16.7 Å². The number of piperidine rings is 1. The fourth-order valence-electron chi connectivity index (χ4n) is 3.96. The number of imidazole rings is 1. The molecule has 0 bridgehead atoms. The van der Waals surface area contributed by atoms with Crippen molar-refractivity contribution in [2.45, 2.75) is 38.9 Å². The Bertz CT molecular complexity index is 1250. The van der Waals surface area contributed by atoms with Gasteiger partial charge in [0.15, 0.2) is 5.78 Å². The molecule has 1 saturated heterocycles. The fourth-order valence-corrected chi connectivity index (χ4v) is 3.96. The zero-order chi connectivity index (χ0) is 22.0. The largest absolute Gasteiger partial charge is 0.508 e. The molecule has 0 spiro atoms. The summed E-state index contributed by atoms with van der Waals surface area (Å²) in [6.45, 7) is 3.44. The van der Waals surface area contributed by atoms with Gasteiger partial charge in [-0.25, -0.2) is 4.98 Å². The third kappa shape index (κ3) is 4.18. The number of carbonyl (C=O) groups is 1. The second-order valence-corrected chi connectivity index (χ2v) is 7.73. The molecule has 1 atom stereocenters. The first-order valence-corrected chi connectivity index (χ1v) is 10.3. The molecule has 4 rings (SSSR count). The minimum atomic E-state index is -0.302. The van der Waals surface area contributed by atoms with E-state index < -0.39 is 0 Å². The maximum absolute atomic E-state index is 13.3. The van der Waals surface area contributed by atoms with E-state index in [9.17, 15) is 14.7 Å². The lowest BCUT2D eigenvalue weighted by Crippen LogP contribution is -2.44. The number of aromatic nitrogens is 3. The predicted octanol–water partition coefficient (Wildman–Crippen LogP) is 1.74. The van der Waals surface area contributed by atoms with Crippen LogP contribution in [0.1, 0.15) is 30.1 Å². The van der Waals surface area contributed by atoms with Crippen LogP contribution in [0.5, 0.6) is 5.75 Å². The number of rotatable bonds is 5. The molecule has 1 aliphatic heterocycles. The van der Waals surface area contributed by atoms with Gasteiger partial charge in [-0.3, -0.25) is 14.2 Å². The first-order valence-electron chi connectivity index (χ1n) is 10.3. The number of nitrogens with zero attached hydrogens (tertiary/aromatic N) is 4. The van der Waals surface area contributed by atoms with Crippen LogP contribution in [0.15, 0.2) is 41.3 Å². The van der Waals surface area contributed by atoms with Crippen LogP contribution in [-0.2, 0) is 13.1 Å².